The van der Waals surface area contributed by atoms with Crippen LogP contribution in [-0.4, -0.2) is 17.8 Å². The molecule has 1 aromatic carbocycles. The van der Waals surface area contributed by atoms with Crippen molar-refractivity contribution in [3.63, 3.8) is 0 Å². The largest absolute Gasteiger partial charge is 0.496 e. The topological polar surface area (TPSA) is 29.5 Å². The number of benzene rings is 1. The van der Waals surface area contributed by atoms with E-state index in [1.807, 2.05) is 6.07 Å². The molecule has 2 rings (SSSR count). The smallest absolute Gasteiger partial charge is 0.133 e. The van der Waals surface area contributed by atoms with Gasteiger partial charge in [-0.15, -0.1) is 0 Å². The van der Waals surface area contributed by atoms with Gasteiger partial charge in [0.25, 0.3) is 0 Å². The monoisotopic (exact) mass is 354 g/mol. The van der Waals surface area contributed by atoms with E-state index in [0.29, 0.717) is 0 Å². The van der Waals surface area contributed by atoms with E-state index < -0.39 is 5.60 Å². The van der Waals surface area contributed by atoms with E-state index in [0.717, 1.165) is 41.8 Å². The van der Waals surface area contributed by atoms with Crippen molar-refractivity contribution in [1.29, 1.82) is 0 Å². The third kappa shape index (κ3) is 4.72. The number of hydrogen-bond acceptors (Lipinski definition) is 2. The van der Waals surface area contributed by atoms with Crippen molar-refractivity contribution < 1.29 is 9.84 Å². The Morgan fingerprint density at radius 3 is 2.81 bits per heavy atom. The van der Waals surface area contributed by atoms with Gasteiger partial charge in [0.05, 0.1) is 17.2 Å². The van der Waals surface area contributed by atoms with Crippen LogP contribution in [0, 0.1) is 5.92 Å². The molecule has 0 spiro atoms. The maximum Gasteiger partial charge on any atom is 0.133 e. The van der Waals surface area contributed by atoms with Gasteiger partial charge >= 0.3 is 0 Å². The van der Waals surface area contributed by atoms with Crippen LogP contribution in [0.4, 0.5) is 0 Å². The quantitative estimate of drug-likeness (QED) is 0.744. The average Bonchev–Trinajstić information content (AvgIpc) is 2.62. The van der Waals surface area contributed by atoms with Crippen LogP contribution in [0.25, 0.3) is 0 Å². The highest BCUT2D eigenvalue weighted by atomic mass is 79.9. The first-order chi connectivity index (χ1) is 10.1. The van der Waals surface area contributed by atoms with Crippen LogP contribution >= 0.6 is 15.9 Å². The molecule has 2 nitrogen and oxygen atoms in total. The Bertz CT molecular complexity index is 461. The summed E-state index contributed by atoms with van der Waals surface area (Å²) in [5, 5.41) is 11.0. The summed E-state index contributed by atoms with van der Waals surface area (Å²) in [7, 11) is 1.67. The molecule has 0 amide bonds. The fourth-order valence-electron chi connectivity index (χ4n) is 3.54. The molecule has 1 N–H and O–H groups in total. The highest BCUT2D eigenvalue weighted by Gasteiger charge is 2.30. The predicted molar refractivity (Wildman–Crippen MR) is 90.8 cm³/mol. The van der Waals surface area contributed by atoms with Gasteiger partial charge < -0.3 is 9.84 Å². The number of aliphatic hydroxyl groups is 1. The fraction of sp³-hybridized carbons (Fsp3) is 0.667. The van der Waals surface area contributed by atoms with Crippen molar-refractivity contribution in [3.05, 3.63) is 28.2 Å². The zero-order valence-corrected chi connectivity index (χ0v) is 14.8. The van der Waals surface area contributed by atoms with Gasteiger partial charge in [0.1, 0.15) is 5.75 Å². The summed E-state index contributed by atoms with van der Waals surface area (Å²) in [6.45, 7) is 2.26. The van der Waals surface area contributed by atoms with Crippen LogP contribution < -0.4 is 4.74 Å². The fourth-order valence-corrected chi connectivity index (χ4v) is 4.12. The van der Waals surface area contributed by atoms with Crippen LogP contribution in [0.2, 0.25) is 0 Å². The second-order valence-electron chi connectivity index (χ2n) is 6.46. The molecule has 1 aliphatic carbocycles. The van der Waals surface area contributed by atoms with Gasteiger partial charge in [0.2, 0.25) is 0 Å². The van der Waals surface area contributed by atoms with E-state index >= 15 is 0 Å². The molecule has 21 heavy (non-hydrogen) atoms. The molecular formula is C18H27BrO2. The summed E-state index contributed by atoms with van der Waals surface area (Å²) in [5.74, 6) is 1.65. The highest BCUT2D eigenvalue weighted by Crippen LogP contribution is 2.35. The molecule has 0 saturated heterocycles. The summed E-state index contributed by atoms with van der Waals surface area (Å²) in [6, 6.07) is 6.11. The summed E-state index contributed by atoms with van der Waals surface area (Å²) < 4.78 is 6.23. The first kappa shape index (κ1) is 16.8. The van der Waals surface area contributed by atoms with Crippen LogP contribution in [0.1, 0.15) is 57.4 Å². The lowest BCUT2D eigenvalue weighted by atomic mass is 9.87. The Morgan fingerprint density at radius 2 is 2.14 bits per heavy atom. The minimum atomic E-state index is -0.531. The van der Waals surface area contributed by atoms with Crippen LogP contribution in [-0.2, 0) is 6.42 Å². The minimum Gasteiger partial charge on any atom is -0.496 e. The molecule has 1 aliphatic rings. The molecule has 1 fully saturated rings. The number of hydrogen-bond donors (Lipinski definition) is 1. The van der Waals surface area contributed by atoms with Gasteiger partial charge in [-0.05, 0) is 58.8 Å². The molecule has 2 atom stereocenters. The number of ether oxygens (including phenoxy) is 1. The normalized spacial score (nSPS) is 26.4. The zero-order valence-electron chi connectivity index (χ0n) is 13.2. The van der Waals surface area contributed by atoms with Crippen LogP contribution in [0.15, 0.2) is 22.7 Å². The van der Waals surface area contributed by atoms with Crippen molar-refractivity contribution in [3.8, 4) is 5.75 Å². The van der Waals surface area contributed by atoms with E-state index in [4.69, 9.17) is 4.74 Å². The number of methoxy groups -OCH3 is 1. The molecule has 0 aliphatic heterocycles. The predicted octanol–water partition coefficient (Wildman–Crippen LogP) is 5.11. The highest BCUT2D eigenvalue weighted by molar-refractivity contribution is 9.10. The Kier molecular flexibility index (Phi) is 6.12. The van der Waals surface area contributed by atoms with Crippen molar-refractivity contribution in [1.82, 2.24) is 0 Å². The molecule has 1 saturated carbocycles. The Hall–Kier alpha value is -0.540. The molecule has 118 valence electrons. The van der Waals surface area contributed by atoms with E-state index in [1.165, 1.54) is 31.2 Å². The Balaban J connectivity index is 2.02. The van der Waals surface area contributed by atoms with Crippen molar-refractivity contribution in [2.45, 2.75) is 63.9 Å². The Labute approximate surface area is 137 Å². The van der Waals surface area contributed by atoms with E-state index in [1.54, 1.807) is 7.11 Å². The van der Waals surface area contributed by atoms with E-state index in [2.05, 4.69) is 35.0 Å². The second kappa shape index (κ2) is 7.64. The van der Waals surface area contributed by atoms with Gasteiger partial charge in [-0.2, -0.15) is 0 Å². The lowest BCUT2D eigenvalue weighted by Crippen LogP contribution is -2.30. The summed E-state index contributed by atoms with van der Waals surface area (Å²) >= 11 is 3.53. The third-order valence-corrected chi connectivity index (χ3v) is 5.34. The molecule has 0 aromatic heterocycles. The third-order valence-electron chi connectivity index (χ3n) is 4.72. The summed E-state index contributed by atoms with van der Waals surface area (Å²) in [6.07, 6.45) is 8.77. The van der Waals surface area contributed by atoms with Gasteiger partial charge in [0, 0.05) is 6.42 Å². The molecule has 2 unspecified atom stereocenters. The van der Waals surface area contributed by atoms with Gasteiger partial charge in [-0.1, -0.05) is 38.7 Å². The van der Waals surface area contributed by atoms with Crippen molar-refractivity contribution in [2.75, 3.05) is 7.11 Å². The van der Waals surface area contributed by atoms with Crippen LogP contribution in [0.3, 0.4) is 0 Å². The number of halogens is 1. The van der Waals surface area contributed by atoms with Crippen molar-refractivity contribution >= 4 is 15.9 Å². The maximum absolute atomic E-state index is 11.0. The summed E-state index contributed by atoms with van der Waals surface area (Å²) in [4.78, 5) is 0. The van der Waals surface area contributed by atoms with Crippen molar-refractivity contribution in [2.24, 2.45) is 5.92 Å². The molecule has 3 heteroatoms. The van der Waals surface area contributed by atoms with Gasteiger partial charge in [0.15, 0.2) is 0 Å². The first-order valence-electron chi connectivity index (χ1n) is 8.11. The zero-order chi connectivity index (χ0) is 15.3. The average molecular weight is 355 g/mol. The molecule has 0 bridgehead atoms. The van der Waals surface area contributed by atoms with E-state index in [-0.39, 0.29) is 0 Å². The summed E-state index contributed by atoms with van der Waals surface area (Å²) in [5.41, 5.74) is 0.649. The lowest BCUT2D eigenvalue weighted by Gasteiger charge is -2.27. The molecule has 1 aromatic rings. The minimum absolute atomic E-state index is 0.531. The molecular weight excluding hydrogens is 328 g/mol. The SMILES string of the molecule is CCCC1CCCC(O)(Cc2ccc(OC)c(Br)c2)CC1. The van der Waals surface area contributed by atoms with E-state index in [9.17, 15) is 5.11 Å². The first-order valence-corrected chi connectivity index (χ1v) is 8.90. The van der Waals surface area contributed by atoms with Gasteiger partial charge in [-0.3, -0.25) is 0 Å². The van der Waals surface area contributed by atoms with Gasteiger partial charge in [-0.25, -0.2) is 0 Å². The maximum atomic E-state index is 11.0. The lowest BCUT2D eigenvalue weighted by molar-refractivity contribution is 0.0241. The molecule has 0 heterocycles. The molecule has 0 radical (unpaired) electrons. The standard InChI is InChI=1S/C18H27BrO2/c1-3-5-14-6-4-10-18(20,11-9-14)13-15-7-8-17(21-2)16(19)12-15/h7-8,12,14,20H,3-6,9-11,13H2,1-2H3. The van der Waals surface area contributed by atoms with Crippen LogP contribution in [0.5, 0.6) is 5.75 Å². The number of rotatable bonds is 5. The second-order valence-corrected chi connectivity index (χ2v) is 7.31. The Morgan fingerprint density at radius 1 is 1.33 bits per heavy atom.